The first kappa shape index (κ1) is 19.6. The van der Waals surface area contributed by atoms with E-state index in [1.165, 1.54) is 32.1 Å². The number of likely N-dealkylation sites (tertiary alicyclic amines) is 2. The van der Waals surface area contributed by atoms with Gasteiger partial charge in [0.15, 0.2) is 0 Å². The van der Waals surface area contributed by atoms with Crippen molar-refractivity contribution in [3.63, 3.8) is 0 Å². The van der Waals surface area contributed by atoms with Gasteiger partial charge in [0.05, 0.1) is 12.1 Å². The minimum absolute atomic E-state index is 0.137. The van der Waals surface area contributed by atoms with Gasteiger partial charge >= 0.3 is 0 Å². The number of piperidine rings is 1. The number of nitrogens with one attached hydrogen (secondary N) is 1. The van der Waals surface area contributed by atoms with Crippen LogP contribution in [-0.4, -0.2) is 66.6 Å². The molecule has 0 spiro atoms. The van der Waals surface area contributed by atoms with Gasteiger partial charge in [0, 0.05) is 19.1 Å². The molecule has 3 N–H and O–H groups in total. The summed E-state index contributed by atoms with van der Waals surface area (Å²) in [6.07, 6.45) is 9.95. The van der Waals surface area contributed by atoms with E-state index in [9.17, 15) is 10.1 Å². The Hall–Kier alpha value is -1.16. The number of hydrogen-bond acceptors (Lipinski definition) is 5. The molecule has 3 rings (SSSR count). The van der Waals surface area contributed by atoms with Gasteiger partial charge in [-0.25, -0.2) is 0 Å². The summed E-state index contributed by atoms with van der Waals surface area (Å²) < 4.78 is 0. The van der Waals surface area contributed by atoms with Gasteiger partial charge in [-0.05, 0) is 51.7 Å². The lowest BCUT2D eigenvalue weighted by Gasteiger charge is -2.35. The molecule has 6 nitrogen and oxygen atoms in total. The Kier molecular flexibility index (Phi) is 6.55. The molecule has 2 saturated heterocycles. The Labute approximate surface area is 158 Å². The third-order valence-electron chi connectivity index (χ3n) is 6.73. The molecular weight excluding hydrogens is 326 g/mol. The van der Waals surface area contributed by atoms with Crippen molar-refractivity contribution in [1.82, 2.24) is 15.1 Å². The predicted molar refractivity (Wildman–Crippen MR) is 102 cm³/mol. The number of hydrogen-bond donors (Lipinski definition) is 2. The van der Waals surface area contributed by atoms with Crippen molar-refractivity contribution in [3.05, 3.63) is 0 Å². The molecule has 1 amide bonds. The van der Waals surface area contributed by atoms with Gasteiger partial charge < -0.3 is 16.0 Å². The molecule has 3 fully saturated rings. The zero-order valence-electron chi connectivity index (χ0n) is 16.3. The van der Waals surface area contributed by atoms with Crippen LogP contribution < -0.4 is 11.1 Å². The van der Waals surface area contributed by atoms with Crippen molar-refractivity contribution in [2.75, 3.05) is 33.2 Å². The summed E-state index contributed by atoms with van der Waals surface area (Å²) in [7, 11) is 2.16. The van der Waals surface area contributed by atoms with Gasteiger partial charge in [0.2, 0.25) is 5.91 Å². The molecular formula is C20H35N5O. The fourth-order valence-corrected chi connectivity index (χ4v) is 4.95. The van der Waals surface area contributed by atoms with Crippen molar-refractivity contribution in [3.8, 4) is 6.07 Å². The molecule has 26 heavy (non-hydrogen) atoms. The normalized spacial score (nSPS) is 30.8. The molecule has 0 aromatic heterocycles. The quantitative estimate of drug-likeness (QED) is 0.774. The molecule has 1 aliphatic carbocycles. The van der Waals surface area contributed by atoms with Crippen molar-refractivity contribution in [2.45, 2.75) is 75.4 Å². The number of nitriles is 1. The highest BCUT2D eigenvalue weighted by Crippen LogP contribution is 2.29. The highest BCUT2D eigenvalue weighted by Gasteiger charge is 2.43. The monoisotopic (exact) mass is 361 g/mol. The Balaban J connectivity index is 1.51. The Morgan fingerprint density at radius 1 is 1.23 bits per heavy atom. The van der Waals surface area contributed by atoms with Gasteiger partial charge in [-0.2, -0.15) is 5.26 Å². The predicted octanol–water partition coefficient (Wildman–Crippen LogP) is 1.46. The topological polar surface area (TPSA) is 85.4 Å². The van der Waals surface area contributed by atoms with Crippen LogP contribution >= 0.6 is 0 Å². The summed E-state index contributed by atoms with van der Waals surface area (Å²) in [5, 5.41) is 12.8. The van der Waals surface area contributed by atoms with E-state index in [1.54, 1.807) is 0 Å². The van der Waals surface area contributed by atoms with Crippen molar-refractivity contribution in [2.24, 2.45) is 11.7 Å². The van der Waals surface area contributed by atoms with Crippen LogP contribution in [-0.2, 0) is 4.79 Å². The molecule has 2 aliphatic heterocycles. The highest BCUT2D eigenvalue weighted by molar-refractivity contribution is 5.82. The molecule has 2 heterocycles. The maximum absolute atomic E-state index is 12.7. The minimum atomic E-state index is -0.759. The molecule has 6 heteroatoms. The summed E-state index contributed by atoms with van der Waals surface area (Å²) in [4.78, 5) is 17.4. The highest BCUT2D eigenvalue weighted by atomic mass is 16.2. The molecule has 0 radical (unpaired) electrons. The van der Waals surface area contributed by atoms with E-state index in [4.69, 9.17) is 5.73 Å². The smallest absolute Gasteiger partial charge is 0.238 e. The Morgan fingerprint density at radius 2 is 1.92 bits per heavy atom. The second-order valence-electron chi connectivity index (χ2n) is 8.78. The Morgan fingerprint density at radius 3 is 2.58 bits per heavy atom. The van der Waals surface area contributed by atoms with Gasteiger partial charge in [0.25, 0.3) is 0 Å². The second kappa shape index (κ2) is 8.69. The maximum atomic E-state index is 12.7. The minimum Gasteiger partial charge on any atom is -0.335 e. The third-order valence-corrected chi connectivity index (χ3v) is 6.73. The lowest BCUT2D eigenvalue weighted by atomic mass is 9.84. The lowest BCUT2D eigenvalue weighted by Crippen LogP contribution is -2.55. The number of amides is 1. The van der Waals surface area contributed by atoms with Gasteiger partial charge in [-0.15, -0.1) is 0 Å². The van der Waals surface area contributed by atoms with Crippen LogP contribution in [0.2, 0.25) is 0 Å². The molecule has 146 valence electrons. The van der Waals surface area contributed by atoms with Crippen LogP contribution in [0.3, 0.4) is 0 Å². The van der Waals surface area contributed by atoms with Crippen LogP contribution in [0.15, 0.2) is 0 Å². The van der Waals surface area contributed by atoms with Crippen LogP contribution in [0.25, 0.3) is 0 Å². The van der Waals surface area contributed by atoms with Gasteiger partial charge in [-0.3, -0.25) is 9.69 Å². The van der Waals surface area contributed by atoms with Crippen LogP contribution in [0.4, 0.5) is 0 Å². The van der Waals surface area contributed by atoms with Gasteiger partial charge in [-0.1, -0.05) is 32.1 Å². The number of rotatable bonds is 5. The van der Waals surface area contributed by atoms with Crippen molar-refractivity contribution < 1.29 is 4.79 Å². The standard InChI is InChI=1S/C20H35N5O/c1-24-10-7-17(8-11-24)25-12-9-20(14-21,15-25)23-19(26)18(22)13-16-5-3-2-4-6-16/h16-18H,2-13,15,22H2,1H3,(H,23,26). The lowest BCUT2D eigenvalue weighted by molar-refractivity contribution is -0.124. The SMILES string of the molecule is CN1CCC(N2CCC(C#N)(NC(=O)C(N)CC3CCCCC3)C2)CC1. The molecule has 2 unspecified atom stereocenters. The van der Waals surface area contributed by atoms with E-state index < -0.39 is 11.6 Å². The first-order valence-corrected chi connectivity index (χ1v) is 10.4. The number of carbonyl (C=O) groups excluding carboxylic acids is 1. The first-order valence-electron chi connectivity index (χ1n) is 10.4. The van der Waals surface area contributed by atoms with Crippen molar-refractivity contribution in [1.29, 1.82) is 5.26 Å². The van der Waals surface area contributed by atoms with E-state index in [-0.39, 0.29) is 5.91 Å². The summed E-state index contributed by atoms with van der Waals surface area (Å²) in [6, 6.07) is 2.46. The van der Waals surface area contributed by atoms with Crippen molar-refractivity contribution >= 4 is 5.91 Å². The van der Waals surface area contributed by atoms with Crippen LogP contribution in [0.1, 0.15) is 57.8 Å². The van der Waals surface area contributed by atoms with Gasteiger partial charge in [0.1, 0.15) is 5.54 Å². The summed E-state index contributed by atoms with van der Waals surface area (Å²) in [5.74, 6) is 0.434. The van der Waals surface area contributed by atoms with E-state index in [1.807, 2.05) is 0 Å². The first-order chi connectivity index (χ1) is 12.5. The molecule has 0 bridgehead atoms. The molecule has 0 aromatic rings. The molecule has 1 saturated carbocycles. The zero-order chi connectivity index (χ0) is 18.6. The van der Waals surface area contributed by atoms with E-state index in [0.717, 1.165) is 38.9 Å². The molecule has 3 aliphatic rings. The Bertz CT molecular complexity index is 519. The summed E-state index contributed by atoms with van der Waals surface area (Å²) >= 11 is 0. The third kappa shape index (κ3) is 4.76. The zero-order valence-corrected chi connectivity index (χ0v) is 16.3. The fraction of sp³-hybridized carbons (Fsp3) is 0.900. The van der Waals surface area contributed by atoms with Crippen LogP contribution in [0, 0.1) is 17.2 Å². The molecule has 0 aromatic carbocycles. The summed E-state index contributed by atoms with van der Waals surface area (Å²) in [6.45, 7) is 3.75. The van der Waals surface area contributed by atoms with E-state index in [0.29, 0.717) is 24.9 Å². The van der Waals surface area contributed by atoms with Crippen LogP contribution in [0.5, 0.6) is 0 Å². The number of carbonyl (C=O) groups is 1. The second-order valence-corrected chi connectivity index (χ2v) is 8.78. The number of nitrogens with two attached hydrogens (primary N) is 1. The summed E-state index contributed by atoms with van der Waals surface area (Å²) in [5.41, 5.74) is 5.43. The average molecular weight is 362 g/mol. The fourth-order valence-electron chi connectivity index (χ4n) is 4.95. The largest absolute Gasteiger partial charge is 0.335 e. The van der Waals surface area contributed by atoms with E-state index in [2.05, 4.69) is 28.2 Å². The van der Waals surface area contributed by atoms with E-state index >= 15 is 0 Å². The average Bonchev–Trinajstić information content (AvgIpc) is 3.07. The number of nitrogens with zero attached hydrogens (tertiary/aromatic N) is 3. The maximum Gasteiger partial charge on any atom is 0.238 e. The molecule has 2 atom stereocenters.